The van der Waals surface area contributed by atoms with Crippen LogP contribution in [0.1, 0.15) is 46.5 Å². The number of nitrogens with two attached hydrogens (primary N) is 1. The number of hydrogen-bond donors (Lipinski definition) is 1. The third-order valence-electron chi connectivity index (χ3n) is 3.54. The van der Waals surface area contributed by atoms with Crippen molar-refractivity contribution in [2.45, 2.75) is 58.0 Å². The number of likely N-dealkylation sites (tertiary alicyclic amines) is 1. The Morgan fingerprint density at radius 3 is 1.92 bits per heavy atom. The Hall–Kier alpha value is -0.0800. The molecule has 78 valence electrons. The minimum absolute atomic E-state index is 0.171. The maximum atomic E-state index is 6.01. The van der Waals surface area contributed by atoms with Crippen molar-refractivity contribution >= 4 is 0 Å². The van der Waals surface area contributed by atoms with Crippen LogP contribution in [-0.4, -0.2) is 29.6 Å². The predicted octanol–water partition coefficient (Wildman–Crippen LogP) is 1.99. The highest BCUT2D eigenvalue weighted by atomic mass is 15.2. The summed E-state index contributed by atoms with van der Waals surface area (Å²) in [6.45, 7) is 9.11. The van der Waals surface area contributed by atoms with Crippen molar-refractivity contribution in [1.29, 1.82) is 0 Å². The Morgan fingerprint density at radius 2 is 1.54 bits per heavy atom. The molecule has 2 nitrogen and oxygen atoms in total. The molecule has 1 aliphatic heterocycles. The summed E-state index contributed by atoms with van der Waals surface area (Å²) in [7, 11) is 0. The molecule has 0 aromatic carbocycles. The molecule has 1 fully saturated rings. The fourth-order valence-electron chi connectivity index (χ4n) is 1.93. The number of nitrogens with zero attached hydrogens (tertiary/aromatic N) is 1. The van der Waals surface area contributed by atoms with E-state index in [2.05, 4.69) is 25.7 Å². The molecule has 0 spiro atoms. The van der Waals surface area contributed by atoms with Gasteiger partial charge in [0.2, 0.25) is 0 Å². The van der Waals surface area contributed by atoms with Crippen molar-refractivity contribution in [2.75, 3.05) is 13.1 Å². The van der Waals surface area contributed by atoms with Crippen LogP contribution in [0.15, 0.2) is 0 Å². The summed E-state index contributed by atoms with van der Waals surface area (Å²) in [6.07, 6.45) is 5.48. The van der Waals surface area contributed by atoms with Crippen molar-refractivity contribution in [3.63, 3.8) is 0 Å². The van der Waals surface area contributed by atoms with E-state index in [4.69, 9.17) is 5.73 Å². The minimum atomic E-state index is 0.171. The average molecular weight is 184 g/mol. The highest BCUT2D eigenvalue weighted by Gasteiger charge is 2.30. The topological polar surface area (TPSA) is 29.3 Å². The second-order valence-electron chi connectivity index (χ2n) is 4.84. The lowest BCUT2D eigenvalue weighted by molar-refractivity contribution is 0.104. The third-order valence-corrected chi connectivity index (χ3v) is 3.54. The molecule has 1 aliphatic rings. The van der Waals surface area contributed by atoms with Crippen LogP contribution >= 0.6 is 0 Å². The van der Waals surface area contributed by atoms with Gasteiger partial charge in [0.15, 0.2) is 0 Å². The number of rotatable bonds is 2. The maximum absolute atomic E-state index is 6.01. The summed E-state index contributed by atoms with van der Waals surface area (Å²) >= 11 is 0. The zero-order chi connectivity index (χ0) is 9.90. The molecule has 0 saturated carbocycles. The van der Waals surface area contributed by atoms with Crippen molar-refractivity contribution < 1.29 is 0 Å². The molecule has 0 aliphatic carbocycles. The van der Waals surface area contributed by atoms with E-state index < -0.39 is 0 Å². The molecule has 1 atom stereocenters. The molecule has 0 amide bonds. The summed E-state index contributed by atoms with van der Waals surface area (Å²) in [6, 6.07) is 0.255. The van der Waals surface area contributed by atoms with Crippen LogP contribution < -0.4 is 5.73 Å². The van der Waals surface area contributed by atoms with Crippen LogP contribution in [0, 0.1) is 0 Å². The van der Waals surface area contributed by atoms with Gasteiger partial charge in [0, 0.05) is 11.6 Å². The van der Waals surface area contributed by atoms with E-state index in [9.17, 15) is 0 Å². The van der Waals surface area contributed by atoms with E-state index in [-0.39, 0.29) is 11.6 Å². The smallest absolute Gasteiger partial charge is 0.0301 e. The Balaban J connectivity index is 2.57. The van der Waals surface area contributed by atoms with E-state index >= 15 is 0 Å². The van der Waals surface area contributed by atoms with E-state index in [0.29, 0.717) is 0 Å². The summed E-state index contributed by atoms with van der Waals surface area (Å²) < 4.78 is 0. The predicted molar refractivity (Wildman–Crippen MR) is 57.8 cm³/mol. The lowest BCUT2D eigenvalue weighted by Gasteiger charge is -2.41. The lowest BCUT2D eigenvalue weighted by atomic mass is 9.94. The van der Waals surface area contributed by atoms with Crippen molar-refractivity contribution in [3.05, 3.63) is 0 Å². The summed E-state index contributed by atoms with van der Waals surface area (Å²) in [4.78, 5) is 2.56. The van der Waals surface area contributed by atoms with Gasteiger partial charge in [0.25, 0.3) is 0 Å². The van der Waals surface area contributed by atoms with E-state index in [0.717, 1.165) is 0 Å². The second kappa shape index (κ2) is 4.43. The molecular weight excluding hydrogens is 160 g/mol. The van der Waals surface area contributed by atoms with E-state index in [1.54, 1.807) is 0 Å². The van der Waals surface area contributed by atoms with Crippen LogP contribution in [-0.2, 0) is 0 Å². The van der Waals surface area contributed by atoms with Gasteiger partial charge in [0.05, 0.1) is 0 Å². The number of hydrogen-bond acceptors (Lipinski definition) is 2. The van der Waals surface area contributed by atoms with Gasteiger partial charge in [-0.3, -0.25) is 4.90 Å². The monoisotopic (exact) mass is 184 g/mol. The summed E-state index contributed by atoms with van der Waals surface area (Å²) in [5.41, 5.74) is 6.18. The third kappa shape index (κ3) is 2.68. The fraction of sp³-hybridized carbons (Fsp3) is 1.00. The minimum Gasteiger partial charge on any atom is -0.326 e. The Bertz CT molecular complexity index is 144. The highest BCUT2D eigenvalue weighted by molar-refractivity contribution is 4.89. The maximum Gasteiger partial charge on any atom is 0.0301 e. The standard InChI is InChI=1S/C11H24N2/c1-10(12)11(2,3)13-8-6-4-5-7-9-13/h10H,4-9,12H2,1-3H3. The van der Waals surface area contributed by atoms with Gasteiger partial charge in [-0.1, -0.05) is 12.8 Å². The van der Waals surface area contributed by atoms with Crippen LogP contribution in [0.5, 0.6) is 0 Å². The average Bonchev–Trinajstić information content (AvgIpc) is 2.31. The molecule has 0 bridgehead atoms. The Labute approximate surface area is 82.5 Å². The van der Waals surface area contributed by atoms with Crippen LogP contribution in [0.4, 0.5) is 0 Å². The van der Waals surface area contributed by atoms with E-state index in [1.165, 1.54) is 38.8 Å². The quantitative estimate of drug-likeness (QED) is 0.711. The van der Waals surface area contributed by atoms with Crippen molar-refractivity contribution in [1.82, 2.24) is 4.90 Å². The zero-order valence-electron chi connectivity index (χ0n) is 9.34. The van der Waals surface area contributed by atoms with Gasteiger partial charge in [-0.25, -0.2) is 0 Å². The SMILES string of the molecule is CC(N)C(C)(C)N1CCCCCC1. The van der Waals surface area contributed by atoms with Gasteiger partial charge >= 0.3 is 0 Å². The van der Waals surface area contributed by atoms with Gasteiger partial charge in [-0.15, -0.1) is 0 Å². The first-order valence-electron chi connectivity index (χ1n) is 5.56. The first-order chi connectivity index (χ1) is 6.05. The van der Waals surface area contributed by atoms with Gasteiger partial charge in [-0.05, 0) is 46.7 Å². The molecule has 13 heavy (non-hydrogen) atoms. The first-order valence-corrected chi connectivity index (χ1v) is 5.56. The Morgan fingerprint density at radius 1 is 1.08 bits per heavy atom. The van der Waals surface area contributed by atoms with Gasteiger partial charge < -0.3 is 5.73 Å². The highest BCUT2D eigenvalue weighted by Crippen LogP contribution is 2.22. The lowest BCUT2D eigenvalue weighted by Crippen LogP contribution is -2.55. The molecule has 0 radical (unpaired) electrons. The molecule has 2 heteroatoms. The van der Waals surface area contributed by atoms with Gasteiger partial charge in [0.1, 0.15) is 0 Å². The normalized spacial score (nSPS) is 24.0. The summed E-state index contributed by atoms with van der Waals surface area (Å²) in [5.74, 6) is 0. The molecule has 1 heterocycles. The Kier molecular flexibility index (Phi) is 3.74. The second-order valence-corrected chi connectivity index (χ2v) is 4.84. The first kappa shape index (κ1) is 11.0. The zero-order valence-corrected chi connectivity index (χ0v) is 9.34. The molecular formula is C11H24N2. The molecule has 0 aromatic rings. The van der Waals surface area contributed by atoms with Crippen molar-refractivity contribution in [3.8, 4) is 0 Å². The fourth-order valence-corrected chi connectivity index (χ4v) is 1.93. The molecule has 1 saturated heterocycles. The van der Waals surface area contributed by atoms with Crippen molar-refractivity contribution in [2.24, 2.45) is 5.73 Å². The van der Waals surface area contributed by atoms with Crippen LogP contribution in [0.25, 0.3) is 0 Å². The molecule has 1 rings (SSSR count). The van der Waals surface area contributed by atoms with Crippen LogP contribution in [0.3, 0.4) is 0 Å². The van der Waals surface area contributed by atoms with Crippen LogP contribution in [0.2, 0.25) is 0 Å². The van der Waals surface area contributed by atoms with E-state index in [1.807, 2.05) is 0 Å². The summed E-state index contributed by atoms with van der Waals surface area (Å²) in [5, 5.41) is 0. The van der Waals surface area contributed by atoms with Gasteiger partial charge in [-0.2, -0.15) is 0 Å². The molecule has 0 aromatic heterocycles. The molecule has 1 unspecified atom stereocenters. The molecule has 2 N–H and O–H groups in total. The largest absolute Gasteiger partial charge is 0.326 e.